The second kappa shape index (κ2) is 6.23. The molecule has 0 aromatic rings. The molecule has 4 nitrogen and oxygen atoms in total. The summed E-state index contributed by atoms with van der Waals surface area (Å²) < 4.78 is 5.74. The highest BCUT2D eigenvalue weighted by Gasteiger charge is 2.42. The molecule has 2 rings (SSSR count). The molecule has 2 heterocycles. The first-order valence-corrected chi connectivity index (χ1v) is 7.73. The Kier molecular flexibility index (Phi) is 4.85. The highest BCUT2D eigenvalue weighted by atomic mass is 16.5. The van der Waals surface area contributed by atoms with Crippen LogP contribution < -0.4 is 5.32 Å². The SMILES string of the molecule is CCCC1(C(=O)N2CC(C)OC(C)C2)CCNCC1. The fraction of sp³-hybridized carbons (Fsp3) is 0.933. The number of carbonyl (C=O) groups is 1. The minimum Gasteiger partial charge on any atom is -0.372 e. The maximum Gasteiger partial charge on any atom is 0.229 e. The van der Waals surface area contributed by atoms with Gasteiger partial charge in [0.05, 0.1) is 17.6 Å². The number of piperidine rings is 1. The standard InChI is InChI=1S/C15H28N2O2/c1-4-5-15(6-8-16-9-7-15)14(18)17-10-12(2)19-13(3)11-17/h12-13,16H,4-11H2,1-3H3. The first-order chi connectivity index (χ1) is 9.07. The van der Waals surface area contributed by atoms with Crippen molar-refractivity contribution < 1.29 is 9.53 Å². The molecule has 0 spiro atoms. The zero-order valence-corrected chi connectivity index (χ0v) is 12.6. The summed E-state index contributed by atoms with van der Waals surface area (Å²) in [6.45, 7) is 9.75. The lowest BCUT2D eigenvalue weighted by atomic mass is 9.74. The Balaban J connectivity index is 2.10. The van der Waals surface area contributed by atoms with Crippen molar-refractivity contribution in [1.29, 1.82) is 0 Å². The Morgan fingerprint density at radius 3 is 2.37 bits per heavy atom. The lowest BCUT2D eigenvalue weighted by molar-refractivity contribution is -0.156. The fourth-order valence-corrected chi connectivity index (χ4v) is 3.63. The quantitative estimate of drug-likeness (QED) is 0.848. The summed E-state index contributed by atoms with van der Waals surface area (Å²) in [5.74, 6) is 0.373. The van der Waals surface area contributed by atoms with Gasteiger partial charge in [-0.3, -0.25) is 4.79 Å². The van der Waals surface area contributed by atoms with Gasteiger partial charge in [-0.15, -0.1) is 0 Å². The minimum atomic E-state index is -0.114. The number of morpholine rings is 1. The molecule has 2 fully saturated rings. The van der Waals surface area contributed by atoms with Gasteiger partial charge in [-0.1, -0.05) is 13.3 Å². The number of hydrogen-bond donors (Lipinski definition) is 1. The van der Waals surface area contributed by atoms with Gasteiger partial charge in [-0.25, -0.2) is 0 Å². The van der Waals surface area contributed by atoms with Crippen molar-refractivity contribution in [3.63, 3.8) is 0 Å². The van der Waals surface area contributed by atoms with Gasteiger partial charge in [0.2, 0.25) is 5.91 Å². The van der Waals surface area contributed by atoms with Crippen LogP contribution in [0.1, 0.15) is 46.5 Å². The third-order valence-corrected chi connectivity index (χ3v) is 4.45. The van der Waals surface area contributed by atoms with Crippen molar-refractivity contribution in [3.8, 4) is 0 Å². The average Bonchev–Trinajstić information content (AvgIpc) is 2.38. The van der Waals surface area contributed by atoms with Gasteiger partial charge in [-0.2, -0.15) is 0 Å². The molecule has 0 aromatic carbocycles. The van der Waals surface area contributed by atoms with E-state index in [1.165, 1.54) is 0 Å². The van der Waals surface area contributed by atoms with E-state index in [0.717, 1.165) is 51.9 Å². The normalized spacial score (nSPS) is 31.2. The summed E-state index contributed by atoms with van der Waals surface area (Å²) in [5, 5.41) is 3.38. The van der Waals surface area contributed by atoms with Gasteiger partial charge in [0.15, 0.2) is 0 Å². The maximum atomic E-state index is 13.0. The predicted molar refractivity (Wildman–Crippen MR) is 76.0 cm³/mol. The number of ether oxygens (including phenoxy) is 1. The molecule has 2 atom stereocenters. The average molecular weight is 268 g/mol. The summed E-state index contributed by atoms with van der Waals surface area (Å²) in [5.41, 5.74) is -0.114. The molecular weight excluding hydrogens is 240 g/mol. The molecule has 0 radical (unpaired) electrons. The van der Waals surface area contributed by atoms with E-state index in [0.29, 0.717) is 5.91 Å². The molecule has 1 N–H and O–H groups in total. The van der Waals surface area contributed by atoms with E-state index in [-0.39, 0.29) is 17.6 Å². The van der Waals surface area contributed by atoms with Crippen molar-refractivity contribution in [2.45, 2.75) is 58.7 Å². The molecule has 0 saturated carbocycles. The molecular formula is C15H28N2O2. The molecule has 0 aliphatic carbocycles. The first kappa shape index (κ1) is 14.8. The molecule has 0 bridgehead atoms. The van der Waals surface area contributed by atoms with Crippen LogP contribution in [0.2, 0.25) is 0 Å². The zero-order chi connectivity index (χ0) is 13.9. The molecule has 1 amide bonds. The van der Waals surface area contributed by atoms with Crippen molar-refractivity contribution >= 4 is 5.91 Å². The Hall–Kier alpha value is -0.610. The molecule has 110 valence electrons. The molecule has 2 aliphatic rings. The number of nitrogens with zero attached hydrogens (tertiary/aromatic N) is 1. The van der Waals surface area contributed by atoms with E-state index >= 15 is 0 Å². The highest BCUT2D eigenvalue weighted by molar-refractivity contribution is 5.83. The van der Waals surface area contributed by atoms with Crippen LogP contribution in [0.3, 0.4) is 0 Å². The number of rotatable bonds is 3. The summed E-state index contributed by atoms with van der Waals surface area (Å²) in [7, 11) is 0. The molecule has 19 heavy (non-hydrogen) atoms. The second-order valence-corrected chi connectivity index (χ2v) is 6.25. The Morgan fingerprint density at radius 1 is 1.26 bits per heavy atom. The van der Waals surface area contributed by atoms with Crippen LogP contribution >= 0.6 is 0 Å². The van der Waals surface area contributed by atoms with Crippen LogP contribution in [0.25, 0.3) is 0 Å². The summed E-state index contributed by atoms with van der Waals surface area (Å²) in [6, 6.07) is 0. The van der Waals surface area contributed by atoms with Crippen LogP contribution in [-0.2, 0) is 9.53 Å². The van der Waals surface area contributed by atoms with Gasteiger partial charge < -0.3 is 15.0 Å². The predicted octanol–water partition coefficient (Wildman–Crippen LogP) is 1.79. The van der Waals surface area contributed by atoms with E-state index in [4.69, 9.17) is 4.74 Å². The smallest absolute Gasteiger partial charge is 0.229 e. The summed E-state index contributed by atoms with van der Waals surface area (Å²) >= 11 is 0. The van der Waals surface area contributed by atoms with E-state index in [1.54, 1.807) is 0 Å². The van der Waals surface area contributed by atoms with Crippen molar-refractivity contribution in [2.75, 3.05) is 26.2 Å². The van der Waals surface area contributed by atoms with Crippen LogP contribution in [0.5, 0.6) is 0 Å². The molecule has 2 aliphatic heterocycles. The van der Waals surface area contributed by atoms with Gasteiger partial charge in [0.25, 0.3) is 0 Å². The highest BCUT2D eigenvalue weighted by Crippen LogP contribution is 2.36. The molecule has 2 saturated heterocycles. The Morgan fingerprint density at radius 2 is 1.84 bits per heavy atom. The van der Waals surface area contributed by atoms with Crippen molar-refractivity contribution in [3.05, 3.63) is 0 Å². The third kappa shape index (κ3) is 3.29. The largest absolute Gasteiger partial charge is 0.372 e. The van der Waals surface area contributed by atoms with Gasteiger partial charge >= 0.3 is 0 Å². The van der Waals surface area contributed by atoms with E-state index in [9.17, 15) is 4.79 Å². The second-order valence-electron chi connectivity index (χ2n) is 6.25. The molecule has 4 heteroatoms. The van der Waals surface area contributed by atoms with E-state index < -0.39 is 0 Å². The van der Waals surface area contributed by atoms with Gasteiger partial charge in [-0.05, 0) is 46.2 Å². The maximum absolute atomic E-state index is 13.0. The molecule has 2 unspecified atom stereocenters. The Labute approximate surface area is 116 Å². The van der Waals surface area contributed by atoms with E-state index in [2.05, 4.69) is 31.0 Å². The van der Waals surface area contributed by atoms with Crippen LogP contribution in [-0.4, -0.2) is 49.2 Å². The zero-order valence-electron chi connectivity index (χ0n) is 12.6. The lowest BCUT2D eigenvalue weighted by Crippen LogP contribution is -2.55. The third-order valence-electron chi connectivity index (χ3n) is 4.45. The Bertz CT molecular complexity index is 298. The first-order valence-electron chi connectivity index (χ1n) is 7.73. The monoisotopic (exact) mass is 268 g/mol. The van der Waals surface area contributed by atoms with Crippen molar-refractivity contribution in [1.82, 2.24) is 10.2 Å². The fourth-order valence-electron chi connectivity index (χ4n) is 3.63. The summed E-state index contributed by atoms with van der Waals surface area (Å²) in [4.78, 5) is 15.1. The lowest BCUT2D eigenvalue weighted by Gasteiger charge is -2.43. The van der Waals surface area contributed by atoms with Crippen LogP contribution in [0.15, 0.2) is 0 Å². The number of hydrogen-bond acceptors (Lipinski definition) is 3. The van der Waals surface area contributed by atoms with Gasteiger partial charge in [0, 0.05) is 13.1 Å². The van der Waals surface area contributed by atoms with E-state index in [1.807, 2.05) is 0 Å². The minimum absolute atomic E-state index is 0.114. The van der Waals surface area contributed by atoms with Crippen LogP contribution in [0, 0.1) is 5.41 Å². The van der Waals surface area contributed by atoms with Crippen molar-refractivity contribution in [2.24, 2.45) is 5.41 Å². The number of carbonyl (C=O) groups excluding carboxylic acids is 1. The number of amides is 1. The number of nitrogens with one attached hydrogen (secondary N) is 1. The van der Waals surface area contributed by atoms with Crippen LogP contribution in [0.4, 0.5) is 0 Å². The van der Waals surface area contributed by atoms with Gasteiger partial charge in [0.1, 0.15) is 0 Å². The summed E-state index contributed by atoms with van der Waals surface area (Å²) in [6.07, 6.45) is 4.40. The topological polar surface area (TPSA) is 41.6 Å². The molecule has 0 aromatic heterocycles.